The Labute approximate surface area is 157 Å². The van der Waals surface area contributed by atoms with Gasteiger partial charge in [0, 0.05) is 16.4 Å². The number of carbonyl (C=O) groups is 2. The van der Waals surface area contributed by atoms with Gasteiger partial charge in [-0.05, 0) is 24.1 Å². The third-order valence-corrected chi connectivity index (χ3v) is 5.24. The summed E-state index contributed by atoms with van der Waals surface area (Å²) in [4.78, 5) is 24.9. The van der Waals surface area contributed by atoms with E-state index >= 15 is 0 Å². The van der Waals surface area contributed by atoms with E-state index in [-0.39, 0.29) is 17.6 Å². The SMILES string of the molecule is O=C(N[C@H](CSc1ccccc1)C(=O)O)C(CS)Cc1ccccc1. The van der Waals surface area contributed by atoms with Crippen LogP contribution in [-0.2, 0) is 16.0 Å². The van der Waals surface area contributed by atoms with E-state index in [4.69, 9.17) is 0 Å². The molecule has 6 heteroatoms. The molecule has 0 aliphatic heterocycles. The van der Waals surface area contributed by atoms with Gasteiger partial charge in [-0.2, -0.15) is 12.6 Å². The molecule has 0 fully saturated rings. The summed E-state index contributed by atoms with van der Waals surface area (Å²) < 4.78 is 0. The first kappa shape index (κ1) is 19.4. The van der Waals surface area contributed by atoms with Gasteiger partial charge in [0.25, 0.3) is 0 Å². The van der Waals surface area contributed by atoms with Crippen LogP contribution in [0.15, 0.2) is 65.6 Å². The van der Waals surface area contributed by atoms with Crippen molar-refractivity contribution in [3.8, 4) is 0 Å². The number of nitrogens with one attached hydrogen (secondary N) is 1. The standard InChI is InChI=1S/C19H21NO3S2/c21-18(15(12-24)11-14-7-3-1-4-8-14)20-17(19(22)23)13-25-16-9-5-2-6-10-16/h1-10,15,17,24H,11-13H2,(H,20,21)(H,22,23)/t15?,17-/m1/s1. The van der Waals surface area contributed by atoms with E-state index in [9.17, 15) is 14.7 Å². The summed E-state index contributed by atoms with van der Waals surface area (Å²) in [5.41, 5.74) is 1.03. The molecule has 0 aliphatic carbocycles. The number of thioether (sulfide) groups is 1. The molecule has 2 aromatic rings. The number of rotatable bonds is 9. The summed E-state index contributed by atoms with van der Waals surface area (Å²) in [5, 5.41) is 12.0. The van der Waals surface area contributed by atoms with Crippen LogP contribution < -0.4 is 5.32 Å². The van der Waals surface area contributed by atoms with Crippen LogP contribution in [0, 0.1) is 5.92 Å². The second-order valence-corrected chi connectivity index (χ2v) is 7.05. The van der Waals surface area contributed by atoms with Gasteiger partial charge in [0.1, 0.15) is 6.04 Å². The molecule has 1 unspecified atom stereocenters. The van der Waals surface area contributed by atoms with Crippen LogP contribution in [0.5, 0.6) is 0 Å². The zero-order valence-electron chi connectivity index (χ0n) is 13.7. The predicted molar refractivity (Wildman–Crippen MR) is 104 cm³/mol. The van der Waals surface area contributed by atoms with Crippen molar-refractivity contribution in [2.24, 2.45) is 5.92 Å². The number of hydrogen-bond donors (Lipinski definition) is 3. The van der Waals surface area contributed by atoms with Gasteiger partial charge in [-0.1, -0.05) is 48.5 Å². The number of carboxylic acids is 1. The van der Waals surface area contributed by atoms with E-state index in [1.54, 1.807) is 0 Å². The highest BCUT2D eigenvalue weighted by Gasteiger charge is 2.25. The van der Waals surface area contributed by atoms with E-state index in [1.165, 1.54) is 11.8 Å². The second kappa shape index (κ2) is 10.2. The second-order valence-electron chi connectivity index (χ2n) is 5.59. The Morgan fingerprint density at radius 2 is 1.64 bits per heavy atom. The molecule has 0 heterocycles. The van der Waals surface area contributed by atoms with Crippen molar-refractivity contribution in [1.82, 2.24) is 5.32 Å². The lowest BCUT2D eigenvalue weighted by Gasteiger charge is -2.19. The lowest BCUT2D eigenvalue weighted by atomic mass is 10.00. The molecule has 2 atom stereocenters. The molecule has 0 bridgehead atoms. The van der Waals surface area contributed by atoms with Crippen LogP contribution >= 0.6 is 24.4 Å². The zero-order chi connectivity index (χ0) is 18.1. The molecule has 4 nitrogen and oxygen atoms in total. The summed E-state index contributed by atoms with van der Waals surface area (Å²) in [5.74, 6) is -1.04. The summed E-state index contributed by atoms with van der Waals surface area (Å²) in [7, 11) is 0. The van der Waals surface area contributed by atoms with Gasteiger partial charge in [0.2, 0.25) is 5.91 Å². The molecule has 132 valence electrons. The van der Waals surface area contributed by atoms with E-state index in [2.05, 4.69) is 17.9 Å². The zero-order valence-corrected chi connectivity index (χ0v) is 15.4. The third kappa shape index (κ3) is 6.48. The highest BCUT2D eigenvalue weighted by molar-refractivity contribution is 7.99. The highest BCUT2D eigenvalue weighted by Crippen LogP contribution is 2.18. The fourth-order valence-electron chi connectivity index (χ4n) is 2.30. The minimum Gasteiger partial charge on any atom is -0.480 e. The average molecular weight is 376 g/mol. The van der Waals surface area contributed by atoms with E-state index in [1.807, 2.05) is 60.7 Å². The monoisotopic (exact) mass is 375 g/mol. The molecule has 0 aromatic heterocycles. The molecular formula is C19H21NO3S2. The number of thiol groups is 1. The first-order valence-corrected chi connectivity index (χ1v) is 9.57. The molecule has 25 heavy (non-hydrogen) atoms. The van der Waals surface area contributed by atoms with Crippen LogP contribution in [0.3, 0.4) is 0 Å². The average Bonchev–Trinajstić information content (AvgIpc) is 2.64. The van der Waals surface area contributed by atoms with E-state index < -0.39 is 12.0 Å². The van der Waals surface area contributed by atoms with Crippen LogP contribution in [0.4, 0.5) is 0 Å². The Bertz CT molecular complexity index is 680. The van der Waals surface area contributed by atoms with Crippen LogP contribution in [0.25, 0.3) is 0 Å². The van der Waals surface area contributed by atoms with Gasteiger partial charge in [-0.3, -0.25) is 4.79 Å². The molecule has 0 aliphatic rings. The first-order chi connectivity index (χ1) is 12.1. The van der Waals surface area contributed by atoms with Crippen molar-refractivity contribution in [3.63, 3.8) is 0 Å². The fourth-order valence-corrected chi connectivity index (χ4v) is 3.53. The third-order valence-electron chi connectivity index (χ3n) is 3.69. The van der Waals surface area contributed by atoms with Crippen molar-refractivity contribution in [3.05, 3.63) is 66.2 Å². The van der Waals surface area contributed by atoms with Crippen molar-refractivity contribution in [1.29, 1.82) is 0 Å². The Balaban J connectivity index is 1.94. The number of carboxylic acid groups (broad SMARTS) is 1. The topological polar surface area (TPSA) is 66.4 Å². The maximum Gasteiger partial charge on any atom is 0.327 e. The van der Waals surface area contributed by atoms with E-state index in [0.29, 0.717) is 12.2 Å². The van der Waals surface area contributed by atoms with Crippen LogP contribution in [-0.4, -0.2) is 34.5 Å². The van der Waals surface area contributed by atoms with Gasteiger partial charge in [0.15, 0.2) is 0 Å². The quantitative estimate of drug-likeness (QED) is 0.465. The van der Waals surface area contributed by atoms with Gasteiger partial charge >= 0.3 is 5.97 Å². The molecular weight excluding hydrogens is 354 g/mol. The van der Waals surface area contributed by atoms with Gasteiger partial charge in [0.05, 0.1) is 5.92 Å². The summed E-state index contributed by atoms with van der Waals surface area (Å²) >= 11 is 5.66. The Morgan fingerprint density at radius 3 is 2.20 bits per heavy atom. The van der Waals surface area contributed by atoms with Crippen LogP contribution in [0.1, 0.15) is 5.56 Å². The van der Waals surface area contributed by atoms with E-state index in [0.717, 1.165) is 10.5 Å². The maximum atomic E-state index is 12.5. The summed E-state index contributed by atoms with van der Waals surface area (Å²) in [6.07, 6.45) is 0.536. The van der Waals surface area contributed by atoms with Gasteiger partial charge in [-0.25, -0.2) is 4.79 Å². The fraction of sp³-hybridized carbons (Fsp3) is 0.263. The molecule has 0 saturated carbocycles. The van der Waals surface area contributed by atoms with Gasteiger partial charge < -0.3 is 10.4 Å². The lowest BCUT2D eigenvalue weighted by molar-refractivity contribution is -0.141. The Morgan fingerprint density at radius 1 is 1.04 bits per heavy atom. The minimum absolute atomic E-state index is 0.274. The number of benzene rings is 2. The Hall–Kier alpha value is -1.92. The molecule has 0 spiro atoms. The highest BCUT2D eigenvalue weighted by atomic mass is 32.2. The first-order valence-electron chi connectivity index (χ1n) is 7.96. The predicted octanol–water partition coefficient (Wildman–Crippen LogP) is 3.14. The van der Waals surface area contributed by atoms with Crippen molar-refractivity contribution in [2.75, 3.05) is 11.5 Å². The Kier molecular flexibility index (Phi) is 7.88. The molecule has 0 radical (unpaired) electrons. The van der Waals surface area contributed by atoms with Gasteiger partial charge in [-0.15, -0.1) is 11.8 Å². The van der Waals surface area contributed by atoms with Crippen LogP contribution in [0.2, 0.25) is 0 Å². The molecule has 0 saturated heterocycles. The van der Waals surface area contributed by atoms with Crippen molar-refractivity contribution >= 4 is 36.3 Å². The summed E-state index contributed by atoms with van der Waals surface area (Å²) in [6.45, 7) is 0. The summed E-state index contributed by atoms with van der Waals surface area (Å²) in [6, 6.07) is 18.2. The number of aliphatic carboxylic acids is 1. The molecule has 1 amide bonds. The largest absolute Gasteiger partial charge is 0.480 e. The number of carbonyl (C=O) groups excluding carboxylic acids is 1. The number of amides is 1. The minimum atomic E-state index is -1.03. The normalized spacial score (nSPS) is 13.0. The van der Waals surface area contributed by atoms with Crippen molar-refractivity contribution < 1.29 is 14.7 Å². The number of hydrogen-bond acceptors (Lipinski definition) is 4. The lowest BCUT2D eigenvalue weighted by Crippen LogP contribution is -2.46. The maximum absolute atomic E-state index is 12.5. The smallest absolute Gasteiger partial charge is 0.327 e. The van der Waals surface area contributed by atoms with Crippen molar-refractivity contribution in [2.45, 2.75) is 17.4 Å². The molecule has 2 rings (SSSR count). The molecule has 2 N–H and O–H groups in total. The molecule has 2 aromatic carbocycles.